The Morgan fingerprint density at radius 1 is 1.12 bits per heavy atom. The summed E-state index contributed by atoms with van der Waals surface area (Å²) >= 11 is 0. The SMILES string of the molecule is Cc1ccccc1OCCCN(C)[C@@H](C)c1nc(N)nc(N(C)C)n1. The van der Waals surface area contributed by atoms with Crippen LogP contribution in [0.4, 0.5) is 11.9 Å². The molecule has 0 radical (unpaired) electrons. The number of nitrogens with zero attached hydrogens (tertiary/aromatic N) is 5. The lowest BCUT2D eigenvalue weighted by atomic mass is 10.2. The van der Waals surface area contributed by atoms with Crippen molar-refractivity contribution in [3.8, 4) is 5.75 Å². The molecule has 0 unspecified atom stereocenters. The van der Waals surface area contributed by atoms with Crippen LogP contribution in [0.25, 0.3) is 0 Å². The summed E-state index contributed by atoms with van der Waals surface area (Å²) in [5.41, 5.74) is 6.96. The van der Waals surface area contributed by atoms with Crippen molar-refractivity contribution < 1.29 is 4.74 Å². The molecule has 7 heteroatoms. The number of ether oxygens (including phenoxy) is 1. The van der Waals surface area contributed by atoms with Gasteiger partial charge < -0.3 is 15.4 Å². The third-order valence-electron chi connectivity index (χ3n) is 4.10. The van der Waals surface area contributed by atoms with Crippen molar-refractivity contribution in [1.82, 2.24) is 19.9 Å². The number of nitrogens with two attached hydrogens (primary N) is 1. The van der Waals surface area contributed by atoms with Gasteiger partial charge in [-0.3, -0.25) is 4.90 Å². The molecule has 0 aliphatic heterocycles. The van der Waals surface area contributed by atoms with E-state index in [2.05, 4.69) is 39.8 Å². The molecule has 0 bridgehead atoms. The molecule has 0 saturated heterocycles. The Kier molecular flexibility index (Phi) is 6.52. The lowest BCUT2D eigenvalue weighted by molar-refractivity contribution is 0.219. The smallest absolute Gasteiger partial charge is 0.229 e. The zero-order chi connectivity index (χ0) is 18.4. The Hall–Kier alpha value is -2.41. The second-order valence-corrected chi connectivity index (χ2v) is 6.37. The molecule has 7 nitrogen and oxygen atoms in total. The van der Waals surface area contributed by atoms with Gasteiger partial charge in [-0.25, -0.2) is 0 Å². The van der Waals surface area contributed by atoms with E-state index in [1.165, 1.54) is 0 Å². The molecule has 0 fully saturated rings. The zero-order valence-electron chi connectivity index (χ0n) is 15.7. The van der Waals surface area contributed by atoms with Crippen LogP contribution in [0.2, 0.25) is 0 Å². The summed E-state index contributed by atoms with van der Waals surface area (Å²) in [6.45, 7) is 5.66. The third kappa shape index (κ3) is 5.29. The maximum atomic E-state index is 5.85. The number of nitrogen functional groups attached to an aromatic ring is 1. The molecule has 0 aliphatic rings. The first-order chi connectivity index (χ1) is 11.9. The Morgan fingerprint density at radius 2 is 1.84 bits per heavy atom. The average molecular weight is 344 g/mol. The Morgan fingerprint density at radius 3 is 2.52 bits per heavy atom. The van der Waals surface area contributed by atoms with E-state index < -0.39 is 0 Å². The molecule has 136 valence electrons. The molecule has 1 heterocycles. The van der Waals surface area contributed by atoms with E-state index in [0.717, 1.165) is 24.3 Å². The van der Waals surface area contributed by atoms with Crippen molar-refractivity contribution in [1.29, 1.82) is 0 Å². The monoisotopic (exact) mass is 344 g/mol. The fourth-order valence-electron chi connectivity index (χ4n) is 2.39. The molecule has 2 rings (SSSR count). The van der Waals surface area contributed by atoms with Gasteiger partial charge in [-0.2, -0.15) is 15.0 Å². The molecule has 1 aromatic carbocycles. The van der Waals surface area contributed by atoms with Gasteiger partial charge in [0.05, 0.1) is 12.6 Å². The van der Waals surface area contributed by atoms with E-state index in [1.807, 2.05) is 44.2 Å². The molecule has 0 amide bonds. The van der Waals surface area contributed by atoms with Gasteiger partial charge in [0, 0.05) is 20.6 Å². The van der Waals surface area contributed by atoms with Gasteiger partial charge in [-0.05, 0) is 38.9 Å². The van der Waals surface area contributed by atoms with Crippen LogP contribution < -0.4 is 15.4 Å². The highest BCUT2D eigenvalue weighted by Crippen LogP contribution is 2.19. The predicted molar refractivity (Wildman–Crippen MR) is 101 cm³/mol. The highest BCUT2D eigenvalue weighted by Gasteiger charge is 2.17. The highest BCUT2D eigenvalue weighted by atomic mass is 16.5. The van der Waals surface area contributed by atoms with Crippen molar-refractivity contribution in [2.45, 2.75) is 26.3 Å². The standard InChI is InChI=1S/C18H28N6O/c1-13-9-6-7-10-15(13)25-12-8-11-24(5)14(2)16-20-17(19)22-18(21-16)23(3)4/h6-7,9-10,14H,8,11-12H2,1-5H3,(H2,19,20,21,22)/t14-/m0/s1. The van der Waals surface area contributed by atoms with Crippen molar-refractivity contribution in [3.05, 3.63) is 35.7 Å². The first-order valence-corrected chi connectivity index (χ1v) is 8.46. The quantitative estimate of drug-likeness (QED) is 0.736. The fraction of sp³-hybridized carbons (Fsp3) is 0.500. The number of hydrogen-bond acceptors (Lipinski definition) is 7. The highest BCUT2D eigenvalue weighted by molar-refractivity contribution is 5.33. The molecule has 1 atom stereocenters. The molecule has 1 aromatic heterocycles. The van der Waals surface area contributed by atoms with Crippen molar-refractivity contribution in [2.75, 3.05) is 44.9 Å². The van der Waals surface area contributed by atoms with Crippen LogP contribution in [-0.4, -0.2) is 54.1 Å². The van der Waals surface area contributed by atoms with Crippen molar-refractivity contribution >= 4 is 11.9 Å². The van der Waals surface area contributed by atoms with Crippen LogP contribution in [0, 0.1) is 6.92 Å². The number of aryl methyl sites for hydroxylation is 1. The van der Waals surface area contributed by atoms with E-state index in [4.69, 9.17) is 10.5 Å². The van der Waals surface area contributed by atoms with Crippen LogP contribution in [0.1, 0.15) is 30.8 Å². The topological polar surface area (TPSA) is 80.4 Å². The molecular weight excluding hydrogens is 316 g/mol. The van der Waals surface area contributed by atoms with Gasteiger partial charge in [0.2, 0.25) is 11.9 Å². The Labute approximate surface area is 149 Å². The summed E-state index contributed by atoms with van der Waals surface area (Å²) in [6, 6.07) is 8.10. The number of para-hydroxylation sites is 1. The average Bonchev–Trinajstić information content (AvgIpc) is 2.58. The second-order valence-electron chi connectivity index (χ2n) is 6.37. The lowest BCUT2D eigenvalue weighted by Gasteiger charge is -2.24. The number of anilines is 2. The third-order valence-corrected chi connectivity index (χ3v) is 4.10. The first kappa shape index (κ1) is 18.9. The predicted octanol–water partition coefficient (Wildman–Crippen LogP) is 2.29. The number of benzene rings is 1. The van der Waals surface area contributed by atoms with Crippen molar-refractivity contribution in [2.24, 2.45) is 0 Å². The summed E-state index contributed by atoms with van der Waals surface area (Å²) in [7, 11) is 5.82. The summed E-state index contributed by atoms with van der Waals surface area (Å²) in [5.74, 6) is 2.44. The van der Waals surface area contributed by atoms with Gasteiger partial charge in [-0.1, -0.05) is 18.2 Å². The number of aromatic nitrogens is 3. The number of rotatable bonds is 8. The van der Waals surface area contributed by atoms with E-state index >= 15 is 0 Å². The van der Waals surface area contributed by atoms with E-state index in [1.54, 1.807) is 0 Å². The van der Waals surface area contributed by atoms with E-state index in [-0.39, 0.29) is 12.0 Å². The molecule has 2 N–H and O–H groups in total. The molecular formula is C18H28N6O. The largest absolute Gasteiger partial charge is 0.493 e. The second kappa shape index (κ2) is 8.62. The zero-order valence-corrected chi connectivity index (χ0v) is 15.7. The number of hydrogen-bond donors (Lipinski definition) is 1. The molecule has 2 aromatic rings. The lowest BCUT2D eigenvalue weighted by Crippen LogP contribution is -2.27. The minimum absolute atomic E-state index is 0.0439. The molecule has 25 heavy (non-hydrogen) atoms. The van der Waals surface area contributed by atoms with Gasteiger partial charge in [0.25, 0.3) is 0 Å². The minimum Gasteiger partial charge on any atom is -0.493 e. The van der Waals surface area contributed by atoms with E-state index in [9.17, 15) is 0 Å². The van der Waals surface area contributed by atoms with Crippen LogP contribution in [-0.2, 0) is 0 Å². The van der Waals surface area contributed by atoms with Crippen molar-refractivity contribution in [3.63, 3.8) is 0 Å². The van der Waals surface area contributed by atoms with Gasteiger partial charge in [-0.15, -0.1) is 0 Å². The fourth-order valence-corrected chi connectivity index (χ4v) is 2.39. The molecule has 0 aliphatic carbocycles. The first-order valence-electron chi connectivity index (χ1n) is 8.46. The van der Waals surface area contributed by atoms with Crippen LogP contribution >= 0.6 is 0 Å². The van der Waals surface area contributed by atoms with Gasteiger partial charge in [0.1, 0.15) is 5.75 Å². The summed E-state index contributed by atoms with van der Waals surface area (Å²) in [4.78, 5) is 16.9. The summed E-state index contributed by atoms with van der Waals surface area (Å²) in [6.07, 6.45) is 0.913. The summed E-state index contributed by atoms with van der Waals surface area (Å²) in [5, 5.41) is 0. The van der Waals surface area contributed by atoms with Gasteiger partial charge >= 0.3 is 0 Å². The van der Waals surface area contributed by atoms with Crippen LogP contribution in [0.3, 0.4) is 0 Å². The maximum Gasteiger partial charge on any atom is 0.229 e. The Balaban J connectivity index is 1.88. The summed E-state index contributed by atoms with van der Waals surface area (Å²) < 4.78 is 5.85. The minimum atomic E-state index is 0.0439. The van der Waals surface area contributed by atoms with Gasteiger partial charge in [0.15, 0.2) is 5.82 Å². The normalized spacial score (nSPS) is 12.2. The van der Waals surface area contributed by atoms with Crippen LogP contribution in [0.15, 0.2) is 24.3 Å². The van der Waals surface area contributed by atoms with Crippen LogP contribution in [0.5, 0.6) is 5.75 Å². The molecule has 0 spiro atoms. The maximum absolute atomic E-state index is 5.85. The molecule has 0 saturated carbocycles. The Bertz CT molecular complexity index is 691. The van der Waals surface area contributed by atoms with E-state index in [0.29, 0.717) is 18.4 Å².